The Morgan fingerprint density at radius 1 is 1.53 bits per heavy atom. The highest BCUT2D eigenvalue weighted by molar-refractivity contribution is 7.10. The summed E-state index contributed by atoms with van der Waals surface area (Å²) in [5.74, 6) is 1.35. The molecule has 0 aromatic carbocycles. The fraction of sp³-hybridized carbons (Fsp3) is 0.714. The molecule has 2 nitrogen and oxygen atoms in total. The number of rotatable bonds is 4. The Kier molecular flexibility index (Phi) is 4.23. The number of nitrogens with two attached hydrogens (primary N) is 1. The van der Waals surface area contributed by atoms with Gasteiger partial charge in [-0.3, -0.25) is 4.90 Å². The zero-order valence-corrected chi connectivity index (χ0v) is 11.9. The number of nitrogens with zero attached hydrogens (tertiary/aromatic N) is 1. The molecule has 0 spiro atoms. The predicted molar refractivity (Wildman–Crippen MR) is 75.2 cm³/mol. The van der Waals surface area contributed by atoms with E-state index in [9.17, 15) is 0 Å². The van der Waals surface area contributed by atoms with Crippen molar-refractivity contribution in [3.05, 3.63) is 22.4 Å². The molecular formula is C14H24N2S. The third-order valence-electron chi connectivity index (χ3n) is 3.87. The molecule has 2 heterocycles. The van der Waals surface area contributed by atoms with Crippen LogP contribution in [-0.2, 0) is 0 Å². The van der Waals surface area contributed by atoms with Gasteiger partial charge < -0.3 is 5.73 Å². The van der Waals surface area contributed by atoms with Gasteiger partial charge in [0.25, 0.3) is 0 Å². The first-order valence-corrected chi connectivity index (χ1v) is 7.50. The van der Waals surface area contributed by atoms with E-state index in [1.165, 1.54) is 17.8 Å². The van der Waals surface area contributed by atoms with E-state index in [-0.39, 0.29) is 0 Å². The second kappa shape index (κ2) is 5.51. The molecule has 3 heteroatoms. The molecule has 1 aliphatic rings. The molecular weight excluding hydrogens is 228 g/mol. The van der Waals surface area contributed by atoms with Crippen molar-refractivity contribution in [1.29, 1.82) is 0 Å². The molecule has 0 aliphatic carbocycles. The van der Waals surface area contributed by atoms with E-state index in [1.807, 2.05) is 11.3 Å². The van der Waals surface area contributed by atoms with Crippen LogP contribution in [0.15, 0.2) is 17.5 Å². The smallest absolute Gasteiger partial charge is 0.0467 e. The lowest BCUT2D eigenvalue weighted by atomic mass is 10.00. The number of thiophene rings is 1. The van der Waals surface area contributed by atoms with Crippen LogP contribution < -0.4 is 5.73 Å². The van der Waals surface area contributed by atoms with E-state index in [4.69, 9.17) is 5.73 Å². The van der Waals surface area contributed by atoms with Crippen LogP contribution in [0.2, 0.25) is 0 Å². The molecule has 1 aliphatic heterocycles. The molecule has 3 unspecified atom stereocenters. The van der Waals surface area contributed by atoms with Crippen LogP contribution in [0.5, 0.6) is 0 Å². The maximum absolute atomic E-state index is 5.83. The van der Waals surface area contributed by atoms with E-state index < -0.39 is 0 Å². The lowest BCUT2D eigenvalue weighted by molar-refractivity contribution is 0.149. The molecule has 2 rings (SSSR count). The third kappa shape index (κ3) is 2.72. The van der Waals surface area contributed by atoms with Crippen LogP contribution in [0.4, 0.5) is 0 Å². The highest BCUT2D eigenvalue weighted by atomic mass is 32.1. The predicted octanol–water partition coefficient (Wildman–Crippen LogP) is 3.11. The van der Waals surface area contributed by atoms with E-state index in [0.29, 0.717) is 23.9 Å². The van der Waals surface area contributed by atoms with Gasteiger partial charge in [0.1, 0.15) is 0 Å². The van der Waals surface area contributed by atoms with Crippen molar-refractivity contribution in [2.45, 2.75) is 39.3 Å². The summed E-state index contributed by atoms with van der Waals surface area (Å²) in [6, 6.07) is 5.67. The van der Waals surface area contributed by atoms with E-state index in [0.717, 1.165) is 6.54 Å². The van der Waals surface area contributed by atoms with Crippen molar-refractivity contribution < 1.29 is 0 Å². The second-order valence-electron chi connectivity index (χ2n) is 5.59. The highest BCUT2D eigenvalue weighted by Gasteiger charge is 2.35. The average molecular weight is 252 g/mol. The van der Waals surface area contributed by atoms with Gasteiger partial charge in [-0.15, -0.1) is 11.3 Å². The lowest BCUT2D eigenvalue weighted by Gasteiger charge is -2.33. The first-order valence-electron chi connectivity index (χ1n) is 6.62. The van der Waals surface area contributed by atoms with E-state index in [2.05, 4.69) is 43.2 Å². The van der Waals surface area contributed by atoms with Crippen LogP contribution in [0.3, 0.4) is 0 Å². The molecule has 17 heavy (non-hydrogen) atoms. The molecule has 1 aromatic heterocycles. The molecule has 0 saturated carbocycles. The Morgan fingerprint density at radius 3 is 2.76 bits per heavy atom. The highest BCUT2D eigenvalue weighted by Crippen LogP contribution is 2.37. The van der Waals surface area contributed by atoms with Gasteiger partial charge in [-0.05, 0) is 43.2 Å². The Morgan fingerprint density at radius 2 is 2.29 bits per heavy atom. The van der Waals surface area contributed by atoms with Gasteiger partial charge in [0.15, 0.2) is 0 Å². The molecule has 1 aromatic rings. The van der Waals surface area contributed by atoms with Crippen LogP contribution in [0.1, 0.15) is 38.1 Å². The van der Waals surface area contributed by atoms with Crippen LogP contribution in [0, 0.1) is 11.8 Å². The fourth-order valence-corrected chi connectivity index (χ4v) is 4.08. The van der Waals surface area contributed by atoms with Crippen molar-refractivity contribution in [2.75, 3.05) is 13.1 Å². The average Bonchev–Trinajstić information content (AvgIpc) is 2.89. The lowest BCUT2D eigenvalue weighted by Crippen LogP contribution is -2.34. The van der Waals surface area contributed by atoms with Crippen LogP contribution in [0.25, 0.3) is 0 Å². The summed E-state index contributed by atoms with van der Waals surface area (Å²) in [5, 5.41) is 2.19. The summed E-state index contributed by atoms with van der Waals surface area (Å²) in [5.41, 5.74) is 5.83. The minimum Gasteiger partial charge on any atom is -0.330 e. The molecule has 0 radical (unpaired) electrons. The quantitative estimate of drug-likeness (QED) is 0.892. The molecule has 1 saturated heterocycles. The zero-order valence-electron chi connectivity index (χ0n) is 11.1. The summed E-state index contributed by atoms with van der Waals surface area (Å²) >= 11 is 1.88. The van der Waals surface area contributed by atoms with Crippen molar-refractivity contribution in [2.24, 2.45) is 17.6 Å². The maximum atomic E-state index is 5.83. The molecule has 0 bridgehead atoms. The standard InChI is InChI=1S/C14H24N2S/c1-10(2)14(13-5-4-6-17-13)16-9-12(8-15)7-11(16)3/h4-6,10-12,14H,7-9,15H2,1-3H3. The Hall–Kier alpha value is -0.380. The number of hydrogen-bond acceptors (Lipinski definition) is 3. The number of likely N-dealkylation sites (tertiary alicyclic amines) is 1. The van der Waals surface area contributed by atoms with Crippen LogP contribution in [-0.4, -0.2) is 24.0 Å². The Bertz CT molecular complexity index is 334. The third-order valence-corrected chi connectivity index (χ3v) is 4.81. The van der Waals surface area contributed by atoms with E-state index >= 15 is 0 Å². The van der Waals surface area contributed by atoms with Crippen molar-refractivity contribution in [3.63, 3.8) is 0 Å². The van der Waals surface area contributed by atoms with Crippen LogP contribution >= 0.6 is 11.3 Å². The summed E-state index contributed by atoms with van der Waals surface area (Å²) < 4.78 is 0. The summed E-state index contributed by atoms with van der Waals surface area (Å²) in [4.78, 5) is 4.16. The topological polar surface area (TPSA) is 29.3 Å². The Labute approximate surface area is 109 Å². The Balaban J connectivity index is 2.17. The monoisotopic (exact) mass is 252 g/mol. The van der Waals surface area contributed by atoms with Crippen molar-refractivity contribution >= 4 is 11.3 Å². The van der Waals surface area contributed by atoms with Gasteiger partial charge in [0.2, 0.25) is 0 Å². The molecule has 0 amide bonds. The van der Waals surface area contributed by atoms with Crippen molar-refractivity contribution in [1.82, 2.24) is 4.90 Å². The van der Waals surface area contributed by atoms with Gasteiger partial charge >= 0.3 is 0 Å². The second-order valence-corrected chi connectivity index (χ2v) is 6.57. The SMILES string of the molecule is CC(C)C(c1cccs1)N1CC(CN)CC1C. The molecule has 1 fully saturated rings. The summed E-state index contributed by atoms with van der Waals surface area (Å²) in [6.07, 6.45) is 1.26. The minimum absolute atomic E-state index is 0.571. The maximum Gasteiger partial charge on any atom is 0.0467 e. The summed E-state index contributed by atoms with van der Waals surface area (Å²) in [7, 11) is 0. The van der Waals surface area contributed by atoms with Gasteiger partial charge in [-0.25, -0.2) is 0 Å². The first kappa shape index (κ1) is 13.1. The molecule has 2 N–H and O–H groups in total. The fourth-order valence-electron chi connectivity index (χ4n) is 3.06. The van der Waals surface area contributed by atoms with Gasteiger partial charge in [0.05, 0.1) is 0 Å². The van der Waals surface area contributed by atoms with E-state index in [1.54, 1.807) is 0 Å². The summed E-state index contributed by atoms with van der Waals surface area (Å²) in [6.45, 7) is 8.99. The van der Waals surface area contributed by atoms with Crippen molar-refractivity contribution in [3.8, 4) is 0 Å². The minimum atomic E-state index is 0.571. The van der Waals surface area contributed by atoms with Gasteiger partial charge in [0, 0.05) is 23.5 Å². The largest absolute Gasteiger partial charge is 0.330 e. The molecule has 3 atom stereocenters. The first-order chi connectivity index (χ1) is 8.13. The van der Waals surface area contributed by atoms with Gasteiger partial charge in [-0.1, -0.05) is 19.9 Å². The normalized spacial score (nSPS) is 27.8. The number of hydrogen-bond donors (Lipinski definition) is 1. The van der Waals surface area contributed by atoms with Gasteiger partial charge in [-0.2, -0.15) is 0 Å². The molecule has 96 valence electrons. The zero-order chi connectivity index (χ0) is 12.4.